The number of rotatable bonds is 2. The average Bonchev–Trinajstić information content (AvgIpc) is 2.30. The van der Waals surface area contributed by atoms with E-state index in [2.05, 4.69) is 6.58 Å². The van der Waals surface area contributed by atoms with Gasteiger partial charge in [0.05, 0.1) is 6.10 Å². The topological polar surface area (TPSA) is 9.23 Å². The van der Waals surface area contributed by atoms with E-state index in [0.29, 0.717) is 5.92 Å². The van der Waals surface area contributed by atoms with Crippen LogP contribution in [0.25, 0.3) is 0 Å². The van der Waals surface area contributed by atoms with Crippen molar-refractivity contribution in [3.8, 4) is 0 Å². The number of hydrogen-bond acceptors (Lipinski definition) is 1. The molecule has 1 aliphatic rings. The van der Waals surface area contributed by atoms with Gasteiger partial charge in [0.1, 0.15) is 5.82 Å². The zero-order chi connectivity index (χ0) is 11.5. The zero-order valence-corrected chi connectivity index (χ0v) is 9.58. The molecule has 16 heavy (non-hydrogen) atoms. The van der Waals surface area contributed by atoms with E-state index in [1.807, 2.05) is 6.92 Å². The molecule has 1 heterocycles. The second-order valence-corrected chi connectivity index (χ2v) is 4.44. The second kappa shape index (κ2) is 4.79. The van der Waals surface area contributed by atoms with E-state index in [1.165, 1.54) is 12.1 Å². The highest BCUT2D eigenvalue weighted by Crippen LogP contribution is 2.37. The molecule has 1 nitrogen and oxygen atoms in total. The Balaban J connectivity index is 2.23. The summed E-state index contributed by atoms with van der Waals surface area (Å²) in [4.78, 5) is 0. The summed E-state index contributed by atoms with van der Waals surface area (Å²) in [6.45, 7) is 6.84. The molecule has 0 bridgehead atoms. The first kappa shape index (κ1) is 11.3. The van der Waals surface area contributed by atoms with Crippen LogP contribution in [0.3, 0.4) is 0 Å². The number of hydrogen-bond donors (Lipinski definition) is 0. The molecule has 0 aliphatic carbocycles. The molecule has 1 aromatic carbocycles. The van der Waals surface area contributed by atoms with Gasteiger partial charge in [-0.05, 0) is 37.5 Å². The van der Waals surface area contributed by atoms with Crippen LogP contribution in [0.5, 0.6) is 0 Å². The van der Waals surface area contributed by atoms with Crippen molar-refractivity contribution in [2.75, 3.05) is 6.61 Å². The van der Waals surface area contributed by atoms with Gasteiger partial charge < -0.3 is 4.74 Å². The van der Waals surface area contributed by atoms with Crippen LogP contribution in [0.4, 0.5) is 4.39 Å². The van der Waals surface area contributed by atoms with Gasteiger partial charge in [-0.25, -0.2) is 4.39 Å². The molecule has 2 atom stereocenters. The lowest BCUT2D eigenvalue weighted by molar-refractivity contribution is -0.0160. The third-order valence-electron chi connectivity index (χ3n) is 3.15. The Morgan fingerprint density at radius 2 is 2.06 bits per heavy atom. The minimum Gasteiger partial charge on any atom is -0.373 e. The van der Waals surface area contributed by atoms with Gasteiger partial charge in [-0.15, -0.1) is 0 Å². The highest BCUT2D eigenvalue weighted by atomic mass is 19.1. The van der Waals surface area contributed by atoms with Crippen molar-refractivity contribution in [3.63, 3.8) is 0 Å². The molecule has 2 heteroatoms. The minimum atomic E-state index is -0.202. The molecule has 0 N–H and O–H groups in total. The summed E-state index contributed by atoms with van der Waals surface area (Å²) in [5.74, 6) is 0.158. The summed E-state index contributed by atoms with van der Waals surface area (Å²) in [6, 6.07) is 6.59. The minimum absolute atomic E-state index is 0.0480. The quantitative estimate of drug-likeness (QED) is 0.687. The van der Waals surface area contributed by atoms with Crippen molar-refractivity contribution < 1.29 is 9.13 Å². The fraction of sp³-hybridized carbons (Fsp3) is 0.429. The molecule has 1 aliphatic heterocycles. The standard InChI is InChI=1S/C14H17FO/c1-10(2)13-4-3-9-16-14(13)11-5-7-12(15)8-6-11/h5-8,13-14H,1,3-4,9H2,2H3/t13-,14-/m0/s1. The largest absolute Gasteiger partial charge is 0.373 e. The van der Waals surface area contributed by atoms with Gasteiger partial charge in [-0.3, -0.25) is 0 Å². The van der Waals surface area contributed by atoms with Gasteiger partial charge in [0.2, 0.25) is 0 Å². The van der Waals surface area contributed by atoms with Crippen molar-refractivity contribution in [2.24, 2.45) is 5.92 Å². The summed E-state index contributed by atoms with van der Waals surface area (Å²) in [5, 5.41) is 0. The summed E-state index contributed by atoms with van der Waals surface area (Å²) in [6.07, 6.45) is 2.24. The molecule has 2 rings (SSSR count). The van der Waals surface area contributed by atoms with Gasteiger partial charge in [0, 0.05) is 12.5 Å². The van der Waals surface area contributed by atoms with E-state index >= 15 is 0 Å². The molecular weight excluding hydrogens is 203 g/mol. The monoisotopic (exact) mass is 220 g/mol. The molecule has 0 aromatic heterocycles. The first-order valence-corrected chi connectivity index (χ1v) is 5.71. The van der Waals surface area contributed by atoms with Gasteiger partial charge in [0.25, 0.3) is 0 Å². The maximum Gasteiger partial charge on any atom is 0.123 e. The van der Waals surface area contributed by atoms with Crippen LogP contribution in [0.1, 0.15) is 31.4 Å². The van der Waals surface area contributed by atoms with E-state index in [1.54, 1.807) is 12.1 Å². The second-order valence-electron chi connectivity index (χ2n) is 4.44. The molecule has 0 radical (unpaired) electrons. The Bertz CT molecular complexity index is 369. The van der Waals surface area contributed by atoms with Gasteiger partial charge >= 0.3 is 0 Å². The smallest absolute Gasteiger partial charge is 0.123 e. The predicted octanol–water partition coefficient (Wildman–Crippen LogP) is 3.87. The van der Waals surface area contributed by atoms with Crippen molar-refractivity contribution in [2.45, 2.75) is 25.9 Å². The highest BCUT2D eigenvalue weighted by molar-refractivity contribution is 5.22. The van der Waals surface area contributed by atoms with E-state index in [0.717, 1.165) is 30.6 Å². The van der Waals surface area contributed by atoms with Gasteiger partial charge in [-0.1, -0.05) is 24.3 Å². The number of benzene rings is 1. The van der Waals surface area contributed by atoms with Crippen molar-refractivity contribution >= 4 is 0 Å². The van der Waals surface area contributed by atoms with E-state index in [9.17, 15) is 4.39 Å². The van der Waals surface area contributed by atoms with E-state index < -0.39 is 0 Å². The molecule has 0 saturated carbocycles. The molecule has 1 saturated heterocycles. The molecular formula is C14H17FO. The summed E-state index contributed by atoms with van der Waals surface area (Å²) in [5.41, 5.74) is 2.20. The number of ether oxygens (including phenoxy) is 1. The van der Waals surface area contributed by atoms with Crippen LogP contribution in [0.15, 0.2) is 36.4 Å². The molecule has 1 aromatic rings. The van der Waals surface area contributed by atoms with Crippen LogP contribution in [0.2, 0.25) is 0 Å². The summed E-state index contributed by atoms with van der Waals surface area (Å²) in [7, 11) is 0. The van der Waals surface area contributed by atoms with Crippen LogP contribution in [-0.2, 0) is 4.74 Å². The fourth-order valence-corrected chi connectivity index (χ4v) is 2.27. The Morgan fingerprint density at radius 1 is 1.38 bits per heavy atom. The van der Waals surface area contributed by atoms with E-state index in [-0.39, 0.29) is 11.9 Å². The predicted molar refractivity (Wildman–Crippen MR) is 62.6 cm³/mol. The first-order chi connectivity index (χ1) is 7.68. The lowest BCUT2D eigenvalue weighted by Crippen LogP contribution is -2.23. The Labute approximate surface area is 95.9 Å². The molecule has 86 valence electrons. The SMILES string of the molecule is C=C(C)[C@@H]1CCCO[C@H]1c1ccc(F)cc1. The van der Waals surface area contributed by atoms with Crippen LogP contribution in [0, 0.1) is 11.7 Å². The Kier molecular flexibility index (Phi) is 3.39. The van der Waals surface area contributed by atoms with Gasteiger partial charge in [0.15, 0.2) is 0 Å². The molecule has 1 fully saturated rings. The van der Waals surface area contributed by atoms with Crippen LogP contribution < -0.4 is 0 Å². The van der Waals surface area contributed by atoms with Crippen molar-refractivity contribution in [3.05, 3.63) is 47.8 Å². The maximum atomic E-state index is 12.9. The summed E-state index contributed by atoms with van der Waals surface area (Å²) >= 11 is 0. The Hall–Kier alpha value is -1.15. The van der Waals surface area contributed by atoms with Crippen LogP contribution in [-0.4, -0.2) is 6.61 Å². The maximum absolute atomic E-state index is 12.9. The molecule has 0 unspecified atom stereocenters. The van der Waals surface area contributed by atoms with Crippen LogP contribution >= 0.6 is 0 Å². The van der Waals surface area contributed by atoms with E-state index in [4.69, 9.17) is 4.74 Å². The zero-order valence-electron chi connectivity index (χ0n) is 9.58. The molecule has 0 spiro atoms. The third-order valence-corrected chi connectivity index (χ3v) is 3.15. The van der Waals surface area contributed by atoms with Gasteiger partial charge in [-0.2, -0.15) is 0 Å². The third kappa shape index (κ3) is 2.33. The first-order valence-electron chi connectivity index (χ1n) is 5.71. The number of halogens is 1. The molecule has 0 amide bonds. The normalized spacial score (nSPS) is 25.4. The lowest BCUT2D eigenvalue weighted by Gasteiger charge is -2.32. The average molecular weight is 220 g/mol. The van der Waals surface area contributed by atoms with Crippen molar-refractivity contribution in [1.82, 2.24) is 0 Å². The summed E-state index contributed by atoms with van der Waals surface area (Å²) < 4.78 is 18.6. The Morgan fingerprint density at radius 3 is 2.69 bits per heavy atom. The highest BCUT2D eigenvalue weighted by Gasteiger charge is 2.27. The lowest BCUT2D eigenvalue weighted by atomic mass is 9.85. The fourth-order valence-electron chi connectivity index (χ4n) is 2.27. The van der Waals surface area contributed by atoms with Crippen molar-refractivity contribution in [1.29, 1.82) is 0 Å².